The van der Waals surface area contributed by atoms with Crippen molar-refractivity contribution in [2.75, 3.05) is 18.4 Å². The van der Waals surface area contributed by atoms with Crippen LogP contribution in [0.2, 0.25) is 5.02 Å². The minimum Gasteiger partial charge on any atom is -0.369 e. The topological polar surface area (TPSA) is 98.4 Å². The second-order valence-corrected chi connectivity index (χ2v) is 8.44. The molecule has 28 heavy (non-hydrogen) atoms. The predicted octanol–water partition coefficient (Wildman–Crippen LogP) is 4.87. The van der Waals surface area contributed by atoms with Crippen LogP contribution in [0.1, 0.15) is 17.5 Å². The first-order chi connectivity index (χ1) is 13.4. The van der Waals surface area contributed by atoms with Crippen LogP contribution < -0.4 is 5.32 Å². The smallest absolute Gasteiger partial charge is 0.190 e. The number of aryl methyl sites for hydroxylation is 1. The zero-order chi connectivity index (χ0) is 20.1. The zero-order valence-corrected chi connectivity index (χ0v) is 16.8. The van der Waals surface area contributed by atoms with E-state index >= 15 is 0 Å². The summed E-state index contributed by atoms with van der Waals surface area (Å²) in [6, 6.07) is 15.9. The molecular formula is C20H19ClN4O2S. The molecule has 0 saturated heterocycles. The molecule has 1 aromatic heterocycles. The third-order valence-electron chi connectivity index (χ3n) is 4.11. The second kappa shape index (κ2) is 8.57. The van der Waals surface area contributed by atoms with Gasteiger partial charge < -0.3 is 5.32 Å². The Bertz CT molecular complexity index is 1160. The number of hydrogen-bond donors (Lipinski definition) is 2. The third-order valence-corrected chi connectivity index (χ3v) is 5.78. The molecule has 0 aliphatic heterocycles. The van der Waals surface area contributed by atoms with E-state index in [0.29, 0.717) is 29.4 Å². The van der Waals surface area contributed by atoms with Crippen LogP contribution in [0.25, 0.3) is 10.9 Å². The van der Waals surface area contributed by atoms with Crippen molar-refractivity contribution in [1.29, 1.82) is 5.26 Å². The van der Waals surface area contributed by atoms with E-state index in [1.807, 2.05) is 25.1 Å². The number of fused-ring (bicyclic) bond motifs is 1. The highest BCUT2D eigenvalue weighted by Crippen LogP contribution is 2.21. The first-order valence-corrected chi connectivity index (χ1v) is 10.5. The SMILES string of the molecule is Cc1ccc2cc(C#N)c(NCCCN=S(=O)(O)c3ccc(Cl)cc3)nc2c1. The van der Waals surface area contributed by atoms with Gasteiger partial charge in [0.1, 0.15) is 11.9 Å². The number of benzene rings is 2. The van der Waals surface area contributed by atoms with Crippen LogP contribution in [0.4, 0.5) is 5.82 Å². The van der Waals surface area contributed by atoms with Gasteiger partial charge in [-0.25, -0.2) is 13.6 Å². The summed E-state index contributed by atoms with van der Waals surface area (Å²) in [6.45, 7) is 2.65. The highest BCUT2D eigenvalue weighted by atomic mass is 35.5. The van der Waals surface area contributed by atoms with Gasteiger partial charge in [0.25, 0.3) is 0 Å². The van der Waals surface area contributed by atoms with Crippen molar-refractivity contribution in [3.05, 3.63) is 64.7 Å². The molecule has 6 nitrogen and oxygen atoms in total. The maximum Gasteiger partial charge on any atom is 0.190 e. The number of pyridine rings is 1. The Balaban J connectivity index is 1.66. The number of rotatable bonds is 6. The fourth-order valence-corrected chi connectivity index (χ4v) is 3.80. The summed E-state index contributed by atoms with van der Waals surface area (Å²) in [5.41, 5.74) is 2.36. The number of aromatic nitrogens is 1. The fourth-order valence-electron chi connectivity index (χ4n) is 2.66. The molecule has 3 aromatic rings. The maximum atomic E-state index is 12.3. The Morgan fingerprint density at radius 2 is 2.00 bits per heavy atom. The molecule has 0 saturated carbocycles. The highest BCUT2D eigenvalue weighted by molar-refractivity contribution is 7.88. The average Bonchev–Trinajstić information content (AvgIpc) is 2.67. The summed E-state index contributed by atoms with van der Waals surface area (Å²) in [5, 5.41) is 13.9. The minimum atomic E-state index is -3.45. The van der Waals surface area contributed by atoms with Gasteiger partial charge in [0, 0.05) is 17.0 Å². The first kappa shape index (κ1) is 20.1. The summed E-state index contributed by atoms with van der Waals surface area (Å²) >= 11 is 5.79. The van der Waals surface area contributed by atoms with Gasteiger partial charge in [-0.2, -0.15) is 5.26 Å². The number of nitrogens with zero attached hydrogens (tertiary/aromatic N) is 3. The lowest BCUT2D eigenvalue weighted by Crippen LogP contribution is -2.08. The van der Waals surface area contributed by atoms with Crippen LogP contribution in [0.3, 0.4) is 0 Å². The predicted molar refractivity (Wildman–Crippen MR) is 112 cm³/mol. The molecule has 0 radical (unpaired) electrons. The van der Waals surface area contributed by atoms with E-state index in [-0.39, 0.29) is 11.4 Å². The summed E-state index contributed by atoms with van der Waals surface area (Å²) < 4.78 is 26.2. The number of hydrogen-bond acceptors (Lipinski definition) is 5. The molecule has 144 valence electrons. The number of halogens is 1. The lowest BCUT2D eigenvalue weighted by atomic mass is 10.1. The highest BCUT2D eigenvalue weighted by Gasteiger charge is 2.09. The summed E-state index contributed by atoms with van der Waals surface area (Å²) in [5.74, 6) is 0.503. The van der Waals surface area contributed by atoms with Gasteiger partial charge in [0.2, 0.25) is 0 Å². The largest absolute Gasteiger partial charge is 0.369 e. The molecule has 0 aliphatic rings. The Kier molecular flexibility index (Phi) is 6.15. The van der Waals surface area contributed by atoms with E-state index in [1.165, 1.54) is 12.1 Å². The molecular weight excluding hydrogens is 396 g/mol. The van der Waals surface area contributed by atoms with Crippen molar-refractivity contribution < 1.29 is 8.76 Å². The van der Waals surface area contributed by atoms with Gasteiger partial charge in [0.05, 0.1) is 22.5 Å². The van der Waals surface area contributed by atoms with Crippen LogP contribution in [0.5, 0.6) is 0 Å². The Morgan fingerprint density at radius 1 is 1.25 bits per heavy atom. The molecule has 8 heteroatoms. The molecule has 0 aliphatic carbocycles. The Hall–Kier alpha value is -2.66. The van der Waals surface area contributed by atoms with E-state index in [9.17, 15) is 14.0 Å². The number of nitrogens with one attached hydrogen (secondary N) is 1. The van der Waals surface area contributed by atoms with Crippen molar-refractivity contribution in [3.63, 3.8) is 0 Å². The Labute approximate surface area is 169 Å². The molecule has 2 N–H and O–H groups in total. The van der Waals surface area contributed by atoms with Gasteiger partial charge in [-0.3, -0.25) is 4.55 Å². The van der Waals surface area contributed by atoms with Crippen molar-refractivity contribution >= 4 is 38.3 Å². The summed E-state index contributed by atoms with van der Waals surface area (Å²) in [4.78, 5) is 4.75. The van der Waals surface area contributed by atoms with Crippen LogP contribution in [-0.2, 0) is 10.0 Å². The van der Waals surface area contributed by atoms with E-state index in [2.05, 4.69) is 20.7 Å². The van der Waals surface area contributed by atoms with Crippen LogP contribution in [-0.4, -0.2) is 26.8 Å². The van der Waals surface area contributed by atoms with Gasteiger partial charge in [-0.1, -0.05) is 23.7 Å². The van der Waals surface area contributed by atoms with Gasteiger partial charge >= 0.3 is 0 Å². The van der Waals surface area contributed by atoms with Crippen molar-refractivity contribution in [2.24, 2.45) is 4.36 Å². The second-order valence-electron chi connectivity index (χ2n) is 6.28. The number of nitriles is 1. The van der Waals surface area contributed by atoms with Gasteiger partial charge in [0.15, 0.2) is 10.0 Å². The van der Waals surface area contributed by atoms with E-state index in [4.69, 9.17) is 11.6 Å². The third kappa shape index (κ3) is 4.78. The van der Waals surface area contributed by atoms with Crippen LogP contribution in [0, 0.1) is 18.3 Å². The molecule has 0 spiro atoms. The molecule has 1 heterocycles. The molecule has 0 fully saturated rings. The molecule has 0 bridgehead atoms. The Morgan fingerprint density at radius 3 is 2.71 bits per heavy atom. The lowest BCUT2D eigenvalue weighted by molar-refractivity contribution is 0.548. The summed E-state index contributed by atoms with van der Waals surface area (Å²) in [7, 11) is -3.45. The normalized spacial score (nSPS) is 12.9. The van der Waals surface area contributed by atoms with Gasteiger partial charge in [-0.05, 0) is 55.3 Å². The summed E-state index contributed by atoms with van der Waals surface area (Å²) in [6.07, 6.45) is 0.517. The molecule has 0 amide bonds. The van der Waals surface area contributed by atoms with E-state index in [1.54, 1.807) is 18.2 Å². The van der Waals surface area contributed by atoms with E-state index in [0.717, 1.165) is 16.5 Å². The monoisotopic (exact) mass is 414 g/mol. The lowest BCUT2D eigenvalue weighted by Gasteiger charge is -2.09. The maximum absolute atomic E-state index is 12.3. The molecule has 3 rings (SSSR count). The van der Waals surface area contributed by atoms with Crippen LogP contribution in [0.15, 0.2) is 57.8 Å². The quantitative estimate of drug-likeness (QED) is 0.560. The molecule has 2 aromatic carbocycles. The average molecular weight is 415 g/mol. The zero-order valence-electron chi connectivity index (χ0n) is 15.2. The fraction of sp³-hybridized carbons (Fsp3) is 0.200. The van der Waals surface area contributed by atoms with Crippen molar-refractivity contribution in [1.82, 2.24) is 4.98 Å². The first-order valence-electron chi connectivity index (χ1n) is 8.65. The van der Waals surface area contributed by atoms with Crippen LogP contribution >= 0.6 is 11.6 Å². The van der Waals surface area contributed by atoms with Gasteiger partial charge in [-0.15, -0.1) is 0 Å². The molecule has 1 atom stereocenters. The standard InChI is InChI=1S/C20H19ClN4O2S/c1-14-3-4-15-12-16(13-22)20(25-19(15)11-14)23-9-2-10-24-28(26,27)18-7-5-17(21)6-8-18/h3-8,11-12H,2,9-10H2,1H3,(H,23,25)(H,24,26,27). The minimum absolute atomic E-state index is 0.194. The molecule has 1 unspecified atom stereocenters. The van der Waals surface area contributed by atoms with Crippen molar-refractivity contribution in [2.45, 2.75) is 18.2 Å². The number of anilines is 1. The van der Waals surface area contributed by atoms with E-state index < -0.39 is 10.0 Å². The van der Waals surface area contributed by atoms with Crippen molar-refractivity contribution in [3.8, 4) is 6.07 Å².